The van der Waals surface area contributed by atoms with Crippen LogP contribution in [0.15, 0.2) is 46.9 Å². The first kappa shape index (κ1) is 14.1. The minimum absolute atomic E-state index is 0.0352. The number of rotatable bonds is 4. The number of halogens is 2. The summed E-state index contributed by atoms with van der Waals surface area (Å²) < 4.78 is 6.19. The van der Waals surface area contributed by atoms with Gasteiger partial charge < -0.3 is 4.74 Å². The van der Waals surface area contributed by atoms with E-state index in [0.29, 0.717) is 16.3 Å². The van der Waals surface area contributed by atoms with E-state index < -0.39 is 0 Å². The highest BCUT2D eigenvalue weighted by Crippen LogP contribution is 2.24. The summed E-state index contributed by atoms with van der Waals surface area (Å²) in [5.41, 5.74) is 1.47. The Kier molecular flexibility index (Phi) is 4.61. The third kappa shape index (κ3) is 3.58. The summed E-state index contributed by atoms with van der Waals surface area (Å²) >= 11 is 9.30. The predicted molar refractivity (Wildman–Crippen MR) is 80.2 cm³/mol. The Morgan fingerprint density at radius 3 is 2.53 bits per heavy atom. The molecule has 0 aromatic heterocycles. The van der Waals surface area contributed by atoms with Crippen molar-refractivity contribution in [3.05, 3.63) is 63.1 Å². The van der Waals surface area contributed by atoms with Crippen LogP contribution in [0.2, 0.25) is 5.02 Å². The number of carbonyl (C=O) groups excluding carboxylic acids is 1. The third-order valence-electron chi connectivity index (χ3n) is 2.76. The largest absolute Gasteiger partial charge is 0.496 e. The lowest BCUT2D eigenvalue weighted by molar-refractivity contribution is 0.0992. The van der Waals surface area contributed by atoms with Crippen LogP contribution in [0.25, 0.3) is 0 Å². The monoisotopic (exact) mass is 338 g/mol. The Hall–Kier alpha value is -1.32. The molecule has 0 N–H and O–H groups in total. The van der Waals surface area contributed by atoms with E-state index in [1.54, 1.807) is 37.4 Å². The van der Waals surface area contributed by atoms with Gasteiger partial charge in [0.1, 0.15) is 5.75 Å². The van der Waals surface area contributed by atoms with Gasteiger partial charge in [-0.1, -0.05) is 39.7 Å². The van der Waals surface area contributed by atoms with Crippen LogP contribution in [0.4, 0.5) is 0 Å². The van der Waals surface area contributed by atoms with Crippen LogP contribution < -0.4 is 4.74 Å². The van der Waals surface area contributed by atoms with Crippen LogP contribution in [-0.2, 0) is 6.42 Å². The Morgan fingerprint density at radius 2 is 1.89 bits per heavy atom. The molecule has 0 radical (unpaired) electrons. The Labute approximate surface area is 125 Å². The van der Waals surface area contributed by atoms with Crippen LogP contribution in [0.1, 0.15) is 15.9 Å². The maximum absolute atomic E-state index is 12.2. The first-order valence-corrected chi connectivity index (χ1v) is 6.88. The number of methoxy groups -OCH3 is 1. The molecule has 0 unspecified atom stereocenters. The normalized spacial score (nSPS) is 10.3. The molecule has 0 bridgehead atoms. The van der Waals surface area contributed by atoms with Gasteiger partial charge in [-0.05, 0) is 30.3 Å². The van der Waals surface area contributed by atoms with Crippen LogP contribution >= 0.6 is 27.5 Å². The number of hydrogen-bond donors (Lipinski definition) is 0. The molecule has 0 saturated carbocycles. The molecule has 98 valence electrons. The molecule has 4 heteroatoms. The molecule has 19 heavy (non-hydrogen) atoms. The van der Waals surface area contributed by atoms with Gasteiger partial charge in [-0.3, -0.25) is 4.79 Å². The Balaban J connectivity index is 2.23. The van der Waals surface area contributed by atoms with Gasteiger partial charge in [0.05, 0.1) is 7.11 Å². The number of ether oxygens (including phenoxy) is 1. The first-order valence-electron chi connectivity index (χ1n) is 5.71. The number of benzene rings is 2. The zero-order chi connectivity index (χ0) is 13.8. The average Bonchev–Trinajstić information content (AvgIpc) is 2.39. The molecule has 0 fully saturated rings. The summed E-state index contributed by atoms with van der Waals surface area (Å²) in [5.74, 6) is 0.711. The van der Waals surface area contributed by atoms with Crippen molar-refractivity contribution in [2.45, 2.75) is 6.42 Å². The molecule has 2 nitrogen and oxygen atoms in total. The number of hydrogen-bond acceptors (Lipinski definition) is 2. The molecular formula is C15H12BrClO2. The minimum atomic E-state index is 0.0352. The van der Waals surface area contributed by atoms with Crippen molar-refractivity contribution in [1.29, 1.82) is 0 Å². The second kappa shape index (κ2) is 6.22. The van der Waals surface area contributed by atoms with Gasteiger partial charge in [-0.2, -0.15) is 0 Å². The highest BCUT2D eigenvalue weighted by Gasteiger charge is 2.11. The lowest BCUT2D eigenvalue weighted by atomic mass is 10.0. The zero-order valence-corrected chi connectivity index (χ0v) is 12.7. The zero-order valence-electron chi connectivity index (χ0n) is 10.3. The third-order valence-corrected chi connectivity index (χ3v) is 3.52. The maximum Gasteiger partial charge on any atom is 0.167 e. The molecule has 2 aromatic rings. The van der Waals surface area contributed by atoms with Crippen molar-refractivity contribution < 1.29 is 9.53 Å². The standard InChI is InChI=1S/C15H12BrClO2/c1-19-15-7-6-13(17)8-11(15)9-14(18)10-2-4-12(16)5-3-10/h2-8H,9H2,1H3. The fraction of sp³-hybridized carbons (Fsp3) is 0.133. The molecule has 0 amide bonds. The van der Waals surface area contributed by atoms with Crippen LogP contribution in [0.5, 0.6) is 5.75 Å². The summed E-state index contributed by atoms with van der Waals surface area (Å²) in [6.45, 7) is 0. The maximum atomic E-state index is 12.2. The highest BCUT2D eigenvalue weighted by molar-refractivity contribution is 9.10. The summed E-state index contributed by atoms with van der Waals surface area (Å²) in [7, 11) is 1.58. The van der Waals surface area contributed by atoms with E-state index in [9.17, 15) is 4.79 Å². The fourth-order valence-electron chi connectivity index (χ4n) is 1.80. The van der Waals surface area contributed by atoms with Crippen LogP contribution in [0, 0.1) is 0 Å². The predicted octanol–water partition coefficient (Wildman–Crippen LogP) is 4.54. The molecular weight excluding hydrogens is 328 g/mol. The summed E-state index contributed by atoms with van der Waals surface area (Å²) in [4.78, 5) is 12.2. The first-order chi connectivity index (χ1) is 9.10. The SMILES string of the molecule is COc1ccc(Cl)cc1CC(=O)c1ccc(Br)cc1. The smallest absolute Gasteiger partial charge is 0.167 e. The second-order valence-electron chi connectivity index (χ2n) is 4.06. The molecule has 0 atom stereocenters. The highest BCUT2D eigenvalue weighted by atomic mass is 79.9. The minimum Gasteiger partial charge on any atom is -0.496 e. The van der Waals surface area contributed by atoms with Crippen molar-refractivity contribution >= 4 is 33.3 Å². The lowest BCUT2D eigenvalue weighted by Crippen LogP contribution is -2.04. The van der Waals surface area contributed by atoms with Crippen LogP contribution in [0.3, 0.4) is 0 Å². The van der Waals surface area contributed by atoms with E-state index in [0.717, 1.165) is 10.0 Å². The van der Waals surface area contributed by atoms with Gasteiger partial charge in [0.2, 0.25) is 0 Å². The number of Topliss-reactive ketones (excluding diaryl/α,β-unsaturated/α-hetero) is 1. The van der Waals surface area contributed by atoms with Gasteiger partial charge >= 0.3 is 0 Å². The van der Waals surface area contributed by atoms with E-state index in [2.05, 4.69) is 15.9 Å². The molecule has 0 aliphatic carbocycles. The lowest BCUT2D eigenvalue weighted by Gasteiger charge is -2.08. The summed E-state index contributed by atoms with van der Waals surface area (Å²) in [6.07, 6.45) is 0.269. The molecule has 2 rings (SSSR count). The average molecular weight is 340 g/mol. The Bertz CT molecular complexity index is 594. The quantitative estimate of drug-likeness (QED) is 0.765. The van der Waals surface area contributed by atoms with Gasteiger partial charge in [0.15, 0.2) is 5.78 Å². The van der Waals surface area contributed by atoms with Crippen molar-refractivity contribution in [2.24, 2.45) is 0 Å². The molecule has 0 heterocycles. The van der Waals surface area contributed by atoms with Crippen molar-refractivity contribution in [3.63, 3.8) is 0 Å². The topological polar surface area (TPSA) is 26.3 Å². The number of ketones is 1. The van der Waals surface area contributed by atoms with E-state index >= 15 is 0 Å². The van der Waals surface area contributed by atoms with Gasteiger partial charge in [0.25, 0.3) is 0 Å². The molecule has 0 aliphatic heterocycles. The van der Waals surface area contributed by atoms with Crippen molar-refractivity contribution in [1.82, 2.24) is 0 Å². The van der Waals surface area contributed by atoms with Crippen molar-refractivity contribution in [3.8, 4) is 5.75 Å². The second-order valence-corrected chi connectivity index (χ2v) is 5.42. The molecule has 2 aromatic carbocycles. The Morgan fingerprint density at radius 1 is 1.21 bits per heavy atom. The molecule has 0 saturated heterocycles. The van der Waals surface area contributed by atoms with E-state index in [1.165, 1.54) is 0 Å². The van der Waals surface area contributed by atoms with Crippen molar-refractivity contribution in [2.75, 3.05) is 7.11 Å². The molecule has 0 aliphatic rings. The van der Waals surface area contributed by atoms with Gasteiger partial charge in [0, 0.05) is 27.0 Å². The van der Waals surface area contributed by atoms with Gasteiger partial charge in [-0.25, -0.2) is 0 Å². The fourth-order valence-corrected chi connectivity index (χ4v) is 2.26. The van der Waals surface area contributed by atoms with E-state index in [-0.39, 0.29) is 12.2 Å². The van der Waals surface area contributed by atoms with Gasteiger partial charge in [-0.15, -0.1) is 0 Å². The van der Waals surface area contributed by atoms with E-state index in [4.69, 9.17) is 16.3 Å². The van der Waals surface area contributed by atoms with E-state index in [1.807, 2.05) is 12.1 Å². The van der Waals surface area contributed by atoms with Crippen LogP contribution in [-0.4, -0.2) is 12.9 Å². The summed E-state index contributed by atoms with van der Waals surface area (Å²) in [5, 5.41) is 0.597. The summed E-state index contributed by atoms with van der Waals surface area (Å²) in [6, 6.07) is 12.6. The number of carbonyl (C=O) groups is 1. The molecule has 0 spiro atoms.